The molecule has 1 saturated carbocycles. The Kier molecular flexibility index (Phi) is 2.40. The molecule has 70 valence electrons. The first-order chi connectivity index (χ1) is 6.25. The van der Waals surface area contributed by atoms with Crippen LogP contribution in [0.1, 0.15) is 12.8 Å². The van der Waals surface area contributed by atoms with Crippen LogP contribution < -0.4 is 5.32 Å². The summed E-state index contributed by atoms with van der Waals surface area (Å²) in [6.07, 6.45) is 0.894. The number of nitrogens with one attached hydrogen (secondary N) is 1. The lowest BCUT2D eigenvalue weighted by molar-refractivity contribution is 0.186. The normalized spacial score (nSPS) is 26.6. The monoisotopic (exact) mass is 199 g/mol. The van der Waals surface area contributed by atoms with Gasteiger partial charge in [0.2, 0.25) is 0 Å². The molecule has 1 aromatic rings. The smallest absolute Gasteiger partial charge is 0.120 e. The largest absolute Gasteiger partial charge is 0.379 e. The highest BCUT2D eigenvalue weighted by Crippen LogP contribution is 2.27. The molecule has 1 fully saturated rings. The summed E-state index contributed by atoms with van der Waals surface area (Å²) in [5, 5.41) is 3.79. The van der Waals surface area contributed by atoms with Gasteiger partial charge in [0.25, 0.3) is 0 Å². The summed E-state index contributed by atoms with van der Waals surface area (Å²) in [6.45, 7) is 0. The van der Waals surface area contributed by atoms with Crippen molar-refractivity contribution in [2.24, 2.45) is 0 Å². The van der Waals surface area contributed by atoms with E-state index in [0.717, 1.165) is 12.1 Å². The van der Waals surface area contributed by atoms with Gasteiger partial charge in [0.05, 0.1) is 6.04 Å². The maximum atomic E-state index is 12.9. The van der Waals surface area contributed by atoms with Crippen molar-refractivity contribution in [3.05, 3.63) is 29.3 Å². The van der Waals surface area contributed by atoms with Crippen LogP contribution in [0, 0.1) is 0 Å². The van der Waals surface area contributed by atoms with Crippen LogP contribution in [0.25, 0.3) is 0 Å². The Bertz CT molecular complexity index is 303. The summed E-state index contributed by atoms with van der Waals surface area (Å²) in [5.74, 6) is 0. The molecule has 0 saturated heterocycles. The molecular formula is C10H11ClFN. The standard InChI is InChI=1S/C10H11ClFN/c11-7-2-1-3-8(6-7)13-10-5-4-9(10)12/h1-3,6,9-10,13H,4-5H2. The molecule has 3 heteroatoms. The van der Waals surface area contributed by atoms with Crippen LogP contribution in [0.4, 0.5) is 10.1 Å². The molecule has 1 aromatic carbocycles. The summed E-state index contributed by atoms with van der Waals surface area (Å²) in [4.78, 5) is 0. The number of alkyl halides is 1. The summed E-state index contributed by atoms with van der Waals surface area (Å²) in [6, 6.07) is 7.36. The van der Waals surface area contributed by atoms with E-state index in [1.807, 2.05) is 18.2 Å². The van der Waals surface area contributed by atoms with Crippen molar-refractivity contribution < 1.29 is 4.39 Å². The highest BCUT2D eigenvalue weighted by atomic mass is 35.5. The van der Waals surface area contributed by atoms with Crippen molar-refractivity contribution in [1.29, 1.82) is 0 Å². The first-order valence-electron chi connectivity index (χ1n) is 4.42. The van der Waals surface area contributed by atoms with E-state index in [9.17, 15) is 4.39 Å². The van der Waals surface area contributed by atoms with Gasteiger partial charge < -0.3 is 5.32 Å². The number of benzene rings is 1. The van der Waals surface area contributed by atoms with E-state index in [-0.39, 0.29) is 6.04 Å². The van der Waals surface area contributed by atoms with Gasteiger partial charge in [0.1, 0.15) is 6.17 Å². The van der Waals surface area contributed by atoms with Gasteiger partial charge >= 0.3 is 0 Å². The molecule has 2 rings (SSSR count). The predicted octanol–water partition coefficient (Wildman–Crippen LogP) is 3.25. The highest BCUT2D eigenvalue weighted by Gasteiger charge is 2.30. The van der Waals surface area contributed by atoms with Crippen LogP contribution in [0.5, 0.6) is 0 Å². The Morgan fingerprint density at radius 1 is 1.38 bits per heavy atom. The number of rotatable bonds is 2. The van der Waals surface area contributed by atoms with Gasteiger partial charge in [-0.15, -0.1) is 0 Å². The van der Waals surface area contributed by atoms with E-state index in [4.69, 9.17) is 11.6 Å². The maximum absolute atomic E-state index is 12.9. The van der Waals surface area contributed by atoms with Crippen molar-refractivity contribution in [2.75, 3.05) is 5.32 Å². The third-order valence-corrected chi connectivity index (χ3v) is 2.60. The van der Waals surface area contributed by atoms with Gasteiger partial charge in [-0.05, 0) is 31.0 Å². The van der Waals surface area contributed by atoms with Crippen LogP contribution in [-0.2, 0) is 0 Å². The lowest BCUT2D eigenvalue weighted by atomic mass is 9.90. The second kappa shape index (κ2) is 3.54. The summed E-state index contributed by atoms with van der Waals surface area (Å²) >= 11 is 5.79. The van der Waals surface area contributed by atoms with E-state index in [1.54, 1.807) is 6.07 Å². The fraction of sp³-hybridized carbons (Fsp3) is 0.400. The molecule has 2 atom stereocenters. The minimum absolute atomic E-state index is 0.0153. The average molecular weight is 200 g/mol. The molecule has 0 heterocycles. The third-order valence-electron chi connectivity index (χ3n) is 2.37. The van der Waals surface area contributed by atoms with E-state index in [2.05, 4.69) is 5.32 Å². The molecule has 0 aromatic heterocycles. The van der Waals surface area contributed by atoms with E-state index in [1.165, 1.54) is 0 Å². The summed E-state index contributed by atoms with van der Waals surface area (Å²) in [5.41, 5.74) is 0.903. The fourth-order valence-corrected chi connectivity index (χ4v) is 1.60. The third kappa shape index (κ3) is 1.94. The molecular weight excluding hydrogens is 189 g/mol. The van der Waals surface area contributed by atoms with Crippen molar-refractivity contribution in [2.45, 2.75) is 25.1 Å². The molecule has 0 aliphatic heterocycles. The molecule has 0 bridgehead atoms. The highest BCUT2D eigenvalue weighted by molar-refractivity contribution is 6.30. The first-order valence-corrected chi connectivity index (χ1v) is 4.80. The Morgan fingerprint density at radius 2 is 2.23 bits per heavy atom. The molecule has 0 amide bonds. The first kappa shape index (κ1) is 8.82. The van der Waals surface area contributed by atoms with Crippen molar-refractivity contribution in [3.8, 4) is 0 Å². The zero-order chi connectivity index (χ0) is 9.26. The predicted molar refractivity (Wildman–Crippen MR) is 53.0 cm³/mol. The van der Waals surface area contributed by atoms with Crippen LogP contribution in [0.3, 0.4) is 0 Å². The Labute approximate surface area is 81.9 Å². The molecule has 0 radical (unpaired) electrons. The zero-order valence-corrected chi connectivity index (χ0v) is 7.89. The van der Waals surface area contributed by atoms with Crippen LogP contribution in [0.15, 0.2) is 24.3 Å². The number of anilines is 1. The summed E-state index contributed by atoms with van der Waals surface area (Å²) < 4.78 is 12.9. The second-order valence-corrected chi connectivity index (χ2v) is 3.79. The Morgan fingerprint density at radius 3 is 2.77 bits per heavy atom. The molecule has 13 heavy (non-hydrogen) atoms. The van der Waals surface area contributed by atoms with Gasteiger partial charge in [-0.25, -0.2) is 4.39 Å². The van der Waals surface area contributed by atoms with Crippen LogP contribution in [-0.4, -0.2) is 12.2 Å². The molecule has 1 aliphatic carbocycles. The van der Waals surface area contributed by atoms with Crippen molar-refractivity contribution >= 4 is 17.3 Å². The van der Waals surface area contributed by atoms with Gasteiger partial charge in [0.15, 0.2) is 0 Å². The van der Waals surface area contributed by atoms with Crippen molar-refractivity contribution in [1.82, 2.24) is 0 Å². The van der Waals surface area contributed by atoms with Gasteiger partial charge in [-0.2, -0.15) is 0 Å². The van der Waals surface area contributed by atoms with E-state index < -0.39 is 6.17 Å². The topological polar surface area (TPSA) is 12.0 Å². The maximum Gasteiger partial charge on any atom is 0.120 e. The molecule has 1 aliphatic rings. The number of hydrogen-bond acceptors (Lipinski definition) is 1. The number of hydrogen-bond donors (Lipinski definition) is 1. The van der Waals surface area contributed by atoms with E-state index in [0.29, 0.717) is 11.4 Å². The minimum Gasteiger partial charge on any atom is -0.379 e. The zero-order valence-electron chi connectivity index (χ0n) is 7.13. The lowest BCUT2D eigenvalue weighted by Crippen LogP contribution is -2.39. The molecule has 2 unspecified atom stereocenters. The Balaban J connectivity index is 2.01. The van der Waals surface area contributed by atoms with E-state index >= 15 is 0 Å². The molecule has 0 spiro atoms. The van der Waals surface area contributed by atoms with Gasteiger partial charge in [-0.1, -0.05) is 17.7 Å². The second-order valence-electron chi connectivity index (χ2n) is 3.35. The lowest BCUT2D eigenvalue weighted by Gasteiger charge is -2.31. The quantitative estimate of drug-likeness (QED) is 0.771. The van der Waals surface area contributed by atoms with Crippen LogP contribution >= 0.6 is 11.6 Å². The SMILES string of the molecule is FC1CCC1Nc1cccc(Cl)c1. The minimum atomic E-state index is -0.695. The van der Waals surface area contributed by atoms with Crippen LogP contribution in [0.2, 0.25) is 5.02 Å². The molecule has 1 nitrogen and oxygen atoms in total. The Hall–Kier alpha value is -0.760. The fourth-order valence-electron chi connectivity index (χ4n) is 1.41. The number of halogens is 2. The average Bonchev–Trinajstić information content (AvgIpc) is 2.12. The van der Waals surface area contributed by atoms with Gasteiger partial charge in [-0.3, -0.25) is 0 Å². The van der Waals surface area contributed by atoms with Gasteiger partial charge in [0, 0.05) is 10.7 Å². The summed E-state index contributed by atoms with van der Waals surface area (Å²) in [7, 11) is 0. The van der Waals surface area contributed by atoms with Crippen molar-refractivity contribution in [3.63, 3.8) is 0 Å². The molecule has 1 N–H and O–H groups in total.